The highest BCUT2D eigenvalue weighted by Gasteiger charge is 2.02. The van der Waals surface area contributed by atoms with Crippen LogP contribution in [0.4, 0.5) is 0 Å². The molecule has 0 aromatic rings. The zero-order valence-electron chi connectivity index (χ0n) is 6.59. The summed E-state index contributed by atoms with van der Waals surface area (Å²) >= 11 is 0. The molecule has 2 nitrogen and oxygen atoms in total. The summed E-state index contributed by atoms with van der Waals surface area (Å²) in [7, 11) is 0. The van der Waals surface area contributed by atoms with Gasteiger partial charge >= 0.3 is 5.97 Å². The van der Waals surface area contributed by atoms with Gasteiger partial charge in [0, 0.05) is 6.42 Å². The van der Waals surface area contributed by atoms with Crippen LogP contribution >= 0.6 is 0 Å². The van der Waals surface area contributed by atoms with Crippen LogP contribution in [0.2, 0.25) is 0 Å². The number of allylic oxidation sites excluding steroid dienone is 1. The summed E-state index contributed by atoms with van der Waals surface area (Å²) in [5, 5.41) is 0. The predicted octanol–water partition coefficient (Wildman–Crippen LogP) is 1.90. The van der Waals surface area contributed by atoms with Crippen LogP contribution in [0.5, 0.6) is 0 Å². The van der Waals surface area contributed by atoms with Crippen LogP contribution < -0.4 is 0 Å². The lowest BCUT2D eigenvalue weighted by molar-refractivity contribution is -0.147. The molecule has 2 heteroatoms. The smallest absolute Gasteiger partial charge is 0.306 e. The lowest BCUT2D eigenvalue weighted by Gasteiger charge is -2.05. The molecular formula is C8H14O2. The molecule has 10 heavy (non-hydrogen) atoms. The average Bonchev–Trinajstić information content (AvgIpc) is 1.82. The Morgan fingerprint density at radius 2 is 2.30 bits per heavy atom. The molecule has 0 unspecified atom stereocenters. The minimum absolute atomic E-state index is 0.00249. The van der Waals surface area contributed by atoms with Gasteiger partial charge in [-0.15, -0.1) is 6.58 Å². The van der Waals surface area contributed by atoms with Gasteiger partial charge in [-0.25, -0.2) is 0 Å². The Hall–Kier alpha value is -0.790. The van der Waals surface area contributed by atoms with E-state index in [0.717, 1.165) is 0 Å². The van der Waals surface area contributed by atoms with Gasteiger partial charge in [-0.1, -0.05) is 6.08 Å². The Morgan fingerprint density at radius 1 is 1.70 bits per heavy atom. The van der Waals surface area contributed by atoms with E-state index in [9.17, 15) is 4.79 Å². The van der Waals surface area contributed by atoms with Crippen molar-refractivity contribution in [2.75, 3.05) is 0 Å². The normalized spacial score (nSPS) is 9.50. The molecule has 0 aromatic heterocycles. The summed E-state index contributed by atoms with van der Waals surface area (Å²) in [5.74, 6) is -0.144. The largest absolute Gasteiger partial charge is 0.463 e. The van der Waals surface area contributed by atoms with Gasteiger partial charge in [0.25, 0.3) is 0 Å². The first-order valence-corrected chi connectivity index (χ1v) is 3.47. The molecule has 0 fully saturated rings. The van der Waals surface area contributed by atoms with Crippen molar-refractivity contribution < 1.29 is 9.53 Å². The third kappa shape index (κ3) is 5.35. The van der Waals surface area contributed by atoms with E-state index in [4.69, 9.17) is 4.74 Å². The quantitative estimate of drug-likeness (QED) is 0.442. The van der Waals surface area contributed by atoms with Crippen molar-refractivity contribution in [2.24, 2.45) is 0 Å². The predicted molar refractivity (Wildman–Crippen MR) is 40.7 cm³/mol. The van der Waals surface area contributed by atoms with Crippen LogP contribution in [0.3, 0.4) is 0 Å². The Balaban J connectivity index is 3.34. The van der Waals surface area contributed by atoms with Gasteiger partial charge in [0.1, 0.15) is 0 Å². The molecular weight excluding hydrogens is 128 g/mol. The van der Waals surface area contributed by atoms with Gasteiger partial charge in [-0.2, -0.15) is 0 Å². The lowest BCUT2D eigenvalue weighted by atomic mass is 10.3. The number of hydrogen-bond acceptors (Lipinski definition) is 2. The van der Waals surface area contributed by atoms with Crippen LogP contribution in [0.25, 0.3) is 0 Å². The van der Waals surface area contributed by atoms with E-state index in [0.29, 0.717) is 12.8 Å². The molecule has 0 aliphatic heterocycles. The maximum atomic E-state index is 10.7. The van der Waals surface area contributed by atoms with Gasteiger partial charge in [-0.3, -0.25) is 4.79 Å². The van der Waals surface area contributed by atoms with Crippen molar-refractivity contribution in [1.82, 2.24) is 0 Å². The summed E-state index contributed by atoms with van der Waals surface area (Å²) < 4.78 is 4.87. The van der Waals surface area contributed by atoms with E-state index in [2.05, 4.69) is 6.58 Å². The highest BCUT2D eigenvalue weighted by molar-refractivity contribution is 5.69. The topological polar surface area (TPSA) is 26.3 Å². The van der Waals surface area contributed by atoms with Crippen LogP contribution in [0, 0.1) is 0 Å². The Bertz CT molecular complexity index is 116. The first-order chi connectivity index (χ1) is 4.66. The maximum Gasteiger partial charge on any atom is 0.306 e. The molecule has 0 aliphatic rings. The van der Waals surface area contributed by atoms with Crippen molar-refractivity contribution in [2.45, 2.75) is 32.8 Å². The highest BCUT2D eigenvalue weighted by atomic mass is 16.5. The first-order valence-electron chi connectivity index (χ1n) is 3.47. The number of rotatable bonds is 4. The zero-order chi connectivity index (χ0) is 7.98. The second-order valence-corrected chi connectivity index (χ2v) is 2.37. The van der Waals surface area contributed by atoms with Gasteiger partial charge in [0.05, 0.1) is 6.10 Å². The van der Waals surface area contributed by atoms with E-state index in [1.807, 2.05) is 13.8 Å². The van der Waals surface area contributed by atoms with Crippen molar-refractivity contribution in [3.8, 4) is 0 Å². The van der Waals surface area contributed by atoms with Crippen molar-refractivity contribution in [3.05, 3.63) is 12.7 Å². The second-order valence-electron chi connectivity index (χ2n) is 2.37. The fraction of sp³-hybridized carbons (Fsp3) is 0.625. The van der Waals surface area contributed by atoms with Gasteiger partial charge in [0.2, 0.25) is 0 Å². The molecule has 0 spiro atoms. The molecule has 58 valence electrons. The molecule has 0 amide bonds. The Labute approximate surface area is 61.9 Å². The highest BCUT2D eigenvalue weighted by Crippen LogP contribution is 1.96. The van der Waals surface area contributed by atoms with E-state index in [1.165, 1.54) is 0 Å². The molecule has 0 rings (SSSR count). The third-order valence-electron chi connectivity index (χ3n) is 0.920. The van der Waals surface area contributed by atoms with Crippen LogP contribution in [0.15, 0.2) is 12.7 Å². The molecule has 0 N–H and O–H groups in total. The summed E-state index contributed by atoms with van der Waals surface area (Å²) in [4.78, 5) is 10.7. The van der Waals surface area contributed by atoms with E-state index >= 15 is 0 Å². The van der Waals surface area contributed by atoms with E-state index in [1.54, 1.807) is 6.08 Å². The maximum absolute atomic E-state index is 10.7. The van der Waals surface area contributed by atoms with Crippen molar-refractivity contribution in [3.63, 3.8) is 0 Å². The zero-order valence-corrected chi connectivity index (χ0v) is 6.59. The van der Waals surface area contributed by atoms with E-state index in [-0.39, 0.29) is 12.1 Å². The van der Waals surface area contributed by atoms with Gasteiger partial charge in [0.15, 0.2) is 0 Å². The third-order valence-corrected chi connectivity index (χ3v) is 0.920. The number of ether oxygens (including phenoxy) is 1. The average molecular weight is 142 g/mol. The number of carbonyl (C=O) groups is 1. The van der Waals surface area contributed by atoms with Crippen molar-refractivity contribution >= 4 is 5.97 Å². The molecule has 0 saturated carbocycles. The van der Waals surface area contributed by atoms with Gasteiger partial charge in [-0.05, 0) is 20.3 Å². The number of esters is 1. The molecule has 0 saturated heterocycles. The monoisotopic (exact) mass is 142 g/mol. The van der Waals surface area contributed by atoms with Crippen LogP contribution in [0.1, 0.15) is 26.7 Å². The molecule has 0 aromatic carbocycles. The molecule has 0 atom stereocenters. The summed E-state index contributed by atoms with van der Waals surface area (Å²) in [6.07, 6.45) is 2.85. The number of hydrogen-bond donors (Lipinski definition) is 0. The second kappa shape index (κ2) is 5.03. The molecule has 0 heterocycles. The van der Waals surface area contributed by atoms with E-state index < -0.39 is 0 Å². The molecule has 0 aliphatic carbocycles. The fourth-order valence-electron chi connectivity index (χ4n) is 0.542. The van der Waals surface area contributed by atoms with Crippen LogP contribution in [-0.4, -0.2) is 12.1 Å². The summed E-state index contributed by atoms with van der Waals surface area (Å²) in [6.45, 7) is 7.18. The minimum Gasteiger partial charge on any atom is -0.463 e. The summed E-state index contributed by atoms with van der Waals surface area (Å²) in [6, 6.07) is 0. The summed E-state index contributed by atoms with van der Waals surface area (Å²) in [5.41, 5.74) is 0. The fourth-order valence-corrected chi connectivity index (χ4v) is 0.542. The van der Waals surface area contributed by atoms with Crippen LogP contribution in [-0.2, 0) is 9.53 Å². The van der Waals surface area contributed by atoms with Crippen molar-refractivity contribution in [1.29, 1.82) is 0 Å². The first kappa shape index (κ1) is 9.21. The Kier molecular flexibility index (Phi) is 4.63. The Morgan fingerprint density at radius 3 is 2.70 bits per heavy atom. The minimum atomic E-state index is -0.144. The molecule has 0 radical (unpaired) electrons. The van der Waals surface area contributed by atoms with Gasteiger partial charge < -0.3 is 4.74 Å². The lowest BCUT2D eigenvalue weighted by Crippen LogP contribution is -2.10. The molecule has 0 bridgehead atoms. The number of carbonyl (C=O) groups excluding carboxylic acids is 1. The SMILES string of the molecule is C=CCCC(=O)OC(C)C. The standard InChI is InChI=1S/C8H14O2/c1-4-5-6-8(9)10-7(2)3/h4,7H,1,5-6H2,2-3H3.